The molecule has 2 heteroatoms. The van der Waals surface area contributed by atoms with Crippen molar-refractivity contribution in [3.8, 4) is 0 Å². The molecule has 1 unspecified atom stereocenters. The first-order chi connectivity index (χ1) is 4.31. The third kappa shape index (κ3) is 6.27. The van der Waals surface area contributed by atoms with Crippen LogP contribution in [0.1, 0.15) is 19.8 Å². The standard InChI is InChI=1S/C7H18NP/c1-3-9(2)7-5-4-6-8/h3-8H2,1-2H3. The summed E-state index contributed by atoms with van der Waals surface area (Å²) in [5.74, 6) is 0. The zero-order valence-corrected chi connectivity index (χ0v) is 7.45. The molecule has 0 saturated heterocycles. The van der Waals surface area contributed by atoms with Gasteiger partial charge in [0.05, 0.1) is 0 Å². The molecule has 0 bridgehead atoms. The molecule has 0 heterocycles. The Morgan fingerprint density at radius 2 is 2.00 bits per heavy atom. The highest BCUT2D eigenvalue weighted by molar-refractivity contribution is 7.56. The van der Waals surface area contributed by atoms with Crippen molar-refractivity contribution in [2.24, 2.45) is 5.73 Å². The van der Waals surface area contributed by atoms with Gasteiger partial charge in [0.1, 0.15) is 0 Å². The average Bonchev–Trinajstić information content (AvgIpc) is 1.89. The lowest BCUT2D eigenvalue weighted by Crippen LogP contribution is -1.99. The van der Waals surface area contributed by atoms with E-state index in [2.05, 4.69) is 13.6 Å². The van der Waals surface area contributed by atoms with Crippen LogP contribution >= 0.6 is 7.92 Å². The van der Waals surface area contributed by atoms with Gasteiger partial charge in [-0.05, 0) is 38.4 Å². The molecule has 0 saturated carbocycles. The minimum absolute atomic E-state index is 0.354. The Hall–Kier alpha value is 0.390. The summed E-state index contributed by atoms with van der Waals surface area (Å²) in [6, 6.07) is 0. The minimum Gasteiger partial charge on any atom is -0.330 e. The zero-order valence-electron chi connectivity index (χ0n) is 6.56. The second kappa shape index (κ2) is 6.51. The van der Waals surface area contributed by atoms with Crippen molar-refractivity contribution in [3.63, 3.8) is 0 Å². The summed E-state index contributed by atoms with van der Waals surface area (Å²) in [5.41, 5.74) is 5.36. The lowest BCUT2D eigenvalue weighted by Gasteiger charge is -2.06. The average molecular weight is 147 g/mol. The van der Waals surface area contributed by atoms with E-state index in [0.717, 1.165) is 6.54 Å². The maximum absolute atomic E-state index is 5.36. The van der Waals surface area contributed by atoms with Crippen LogP contribution in [0, 0.1) is 0 Å². The molecule has 0 aromatic rings. The van der Waals surface area contributed by atoms with E-state index < -0.39 is 0 Å². The van der Waals surface area contributed by atoms with Gasteiger partial charge in [-0.1, -0.05) is 6.92 Å². The Morgan fingerprint density at radius 1 is 1.33 bits per heavy atom. The molecule has 0 spiro atoms. The molecule has 1 nitrogen and oxygen atoms in total. The van der Waals surface area contributed by atoms with E-state index in [0.29, 0.717) is 7.92 Å². The second-order valence-corrected chi connectivity index (χ2v) is 5.18. The lowest BCUT2D eigenvalue weighted by molar-refractivity contribution is 0.811. The van der Waals surface area contributed by atoms with Gasteiger partial charge in [0.25, 0.3) is 0 Å². The fourth-order valence-corrected chi connectivity index (χ4v) is 1.76. The molecule has 0 aromatic heterocycles. The Kier molecular flexibility index (Phi) is 6.79. The predicted octanol–water partition coefficient (Wildman–Crippen LogP) is 1.86. The van der Waals surface area contributed by atoms with E-state index in [4.69, 9.17) is 5.73 Å². The van der Waals surface area contributed by atoms with Gasteiger partial charge in [-0.2, -0.15) is 0 Å². The van der Waals surface area contributed by atoms with Crippen molar-refractivity contribution in [2.45, 2.75) is 19.8 Å². The van der Waals surface area contributed by atoms with Crippen molar-refractivity contribution in [1.82, 2.24) is 0 Å². The minimum atomic E-state index is 0.354. The maximum Gasteiger partial charge on any atom is -0.00772 e. The van der Waals surface area contributed by atoms with E-state index in [1.165, 1.54) is 25.2 Å². The third-order valence-corrected chi connectivity index (χ3v) is 3.69. The van der Waals surface area contributed by atoms with Crippen molar-refractivity contribution in [3.05, 3.63) is 0 Å². The molecule has 0 amide bonds. The van der Waals surface area contributed by atoms with Gasteiger partial charge in [-0.3, -0.25) is 0 Å². The Balaban J connectivity index is 2.88. The molecule has 0 aliphatic carbocycles. The fourth-order valence-electron chi connectivity index (χ4n) is 0.684. The number of nitrogens with two attached hydrogens (primary N) is 1. The topological polar surface area (TPSA) is 26.0 Å². The van der Waals surface area contributed by atoms with Crippen molar-refractivity contribution < 1.29 is 0 Å². The Bertz CT molecular complexity index is 56.9. The van der Waals surface area contributed by atoms with Crippen LogP contribution in [0.2, 0.25) is 0 Å². The normalized spacial score (nSPS) is 13.7. The number of unbranched alkanes of at least 4 members (excludes halogenated alkanes) is 1. The van der Waals surface area contributed by atoms with Crippen LogP contribution in [0.5, 0.6) is 0 Å². The first-order valence-electron chi connectivity index (χ1n) is 3.70. The Morgan fingerprint density at radius 3 is 2.44 bits per heavy atom. The summed E-state index contributed by atoms with van der Waals surface area (Å²) >= 11 is 0. The van der Waals surface area contributed by atoms with Gasteiger partial charge in [0.15, 0.2) is 0 Å². The molecule has 9 heavy (non-hydrogen) atoms. The van der Waals surface area contributed by atoms with Crippen LogP contribution in [-0.4, -0.2) is 25.5 Å². The summed E-state index contributed by atoms with van der Waals surface area (Å²) < 4.78 is 0. The monoisotopic (exact) mass is 147 g/mol. The van der Waals surface area contributed by atoms with E-state index in [1.807, 2.05) is 0 Å². The number of rotatable bonds is 5. The smallest absolute Gasteiger partial charge is 0.00772 e. The van der Waals surface area contributed by atoms with Crippen LogP contribution in [0.3, 0.4) is 0 Å². The van der Waals surface area contributed by atoms with Crippen molar-refractivity contribution in [1.29, 1.82) is 0 Å². The predicted molar refractivity (Wildman–Crippen MR) is 46.5 cm³/mol. The van der Waals surface area contributed by atoms with Crippen LogP contribution in [0.4, 0.5) is 0 Å². The second-order valence-electron chi connectivity index (χ2n) is 2.39. The van der Waals surface area contributed by atoms with E-state index in [-0.39, 0.29) is 0 Å². The van der Waals surface area contributed by atoms with E-state index in [9.17, 15) is 0 Å². The molecule has 0 aliphatic heterocycles. The molecule has 0 aromatic carbocycles. The molecule has 0 fully saturated rings. The molecular formula is C7H18NP. The quantitative estimate of drug-likeness (QED) is 0.466. The van der Waals surface area contributed by atoms with Crippen LogP contribution in [0.15, 0.2) is 0 Å². The highest BCUT2D eigenvalue weighted by atomic mass is 31.1. The maximum atomic E-state index is 5.36. The fraction of sp³-hybridized carbons (Fsp3) is 1.00. The van der Waals surface area contributed by atoms with Crippen molar-refractivity contribution in [2.75, 3.05) is 25.5 Å². The number of hydrogen-bond acceptors (Lipinski definition) is 1. The van der Waals surface area contributed by atoms with E-state index >= 15 is 0 Å². The number of hydrogen-bond donors (Lipinski definition) is 1. The van der Waals surface area contributed by atoms with Gasteiger partial charge in [-0.15, -0.1) is 7.92 Å². The summed E-state index contributed by atoms with van der Waals surface area (Å²) in [6.45, 7) is 5.51. The van der Waals surface area contributed by atoms with Crippen LogP contribution in [0.25, 0.3) is 0 Å². The summed E-state index contributed by atoms with van der Waals surface area (Å²) in [5, 5.41) is 0. The SMILES string of the molecule is CCP(C)CCCCN. The highest BCUT2D eigenvalue weighted by Crippen LogP contribution is 2.30. The molecule has 1 atom stereocenters. The highest BCUT2D eigenvalue weighted by Gasteiger charge is 1.94. The van der Waals surface area contributed by atoms with Gasteiger partial charge < -0.3 is 5.73 Å². The van der Waals surface area contributed by atoms with Crippen LogP contribution in [-0.2, 0) is 0 Å². The third-order valence-electron chi connectivity index (χ3n) is 1.53. The largest absolute Gasteiger partial charge is 0.330 e. The molecule has 0 radical (unpaired) electrons. The first kappa shape index (κ1) is 9.39. The molecule has 56 valence electrons. The molecule has 0 rings (SSSR count). The summed E-state index contributed by atoms with van der Waals surface area (Å²) in [4.78, 5) is 0. The first-order valence-corrected chi connectivity index (χ1v) is 5.85. The summed E-state index contributed by atoms with van der Waals surface area (Å²) in [6.07, 6.45) is 5.35. The molecular weight excluding hydrogens is 129 g/mol. The summed E-state index contributed by atoms with van der Waals surface area (Å²) in [7, 11) is 0.354. The van der Waals surface area contributed by atoms with E-state index in [1.54, 1.807) is 0 Å². The lowest BCUT2D eigenvalue weighted by atomic mass is 10.3. The van der Waals surface area contributed by atoms with Gasteiger partial charge in [-0.25, -0.2) is 0 Å². The molecule has 2 N–H and O–H groups in total. The zero-order chi connectivity index (χ0) is 7.11. The van der Waals surface area contributed by atoms with Crippen LogP contribution < -0.4 is 5.73 Å². The van der Waals surface area contributed by atoms with Gasteiger partial charge >= 0.3 is 0 Å². The molecule has 0 aliphatic rings. The van der Waals surface area contributed by atoms with Gasteiger partial charge in [0.2, 0.25) is 0 Å². The Labute approximate surface area is 59.8 Å². The van der Waals surface area contributed by atoms with Crippen molar-refractivity contribution >= 4 is 7.92 Å². The van der Waals surface area contributed by atoms with Gasteiger partial charge in [0, 0.05) is 0 Å².